The van der Waals surface area contributed by atoms with E-state index in [1.54, 1.807) is 19.1 Å². The Morgan fingerprint density at radius 2 is 1.80 bits per heavy atom. The molecule has 0 aromatic heterocycles. The average Bonchev–Trinajstić information content (AvgIpc) is 2.93. The van der Waals surface area contributed by atoms with Crippen LogP contribution in [0, 0.1) is 12.7 Å². The summed E-state index contributed by atoms with van der Waals surface area (Å²) in [5, 5.41) is 5.35. The van der Waals surface area contributed by atoms with E-state index in [0.29, 0.717) is 30.9 Å². The summed E-state index contributed by atoms with van der Waals surface area (Å²) >= 11 is 0. The molecule has 1 aliphatic rings. The largest absolute Gasteiger partial charge is 0.494 e. The summed E-state index contributed by atoms with van der Waals surface area (Å²) in [4.78, 5) is 38.2. The smallest absolute Gasteiger partial charge is 0.325 e. The first kappa shape index (κ1) is 21.3. The molecule has 2 N–H and O–H groups in total. The van der Waals surface area contributed by atoms with Crippen LogP contribution in [-0.4, -0.2) is 42.4 Å². The van der Waals surface area contributed by atoms with E-state index in [0.717, 1.165) is 10.5 Å². The van der Waals surface area contributed by atoms with Crippen molar-refractivity contribution in [1.82, 2.24) is 15.5 Å². The summed E-state index contributed by atoms with van der Waals surface area (Å²) in [7, 11) is 0. The Hall–Kier alpha value is -3.42. The molecule has 0 saturated carbocycles. The Balaban J connectivity index is 1.46. The predicted molar refractivity (Wildman–Crippen MR) is 108 cm³/mol. The van der Waals surface area contributed by atoms with Crippen LogP contribution in [0.25, 0.3) is 0 Å². The van der Waals surface area contributed by atoms with Gasteiger partial charge in [-0.1, -0.05) is 29.8 Å². The summed E-state index contributed by atoms with van der Waals surface area (Å²) in [5.41, 5.74) is 0.500. The van der Waals surface area contributed by atoms with E-state index in [1.165, 1.54) is 24.3 Å². The van der Waals surface area contributed by atoms with Crippen molar-refractivity contribution >= 4 is 17.8 Å². The van der Waals surface area contributed by atoms with E-state index >= 15 is 0 Å². The Kier molecular flexibility index (Phi) is 6.34. The highest BCUT2D eigenvalue weighted by Crippen LogP contribution is 2.28. The minimum Gasteiger partial charge on any atom is -0.494 e. The summed E-state index contributed by atoms with van der Waals surface area (Å²) < 4.78 is 18.3. The van der Waals surface area contributed by atoms with Crippen molar-refractivity contribution in [2.24, 2.45) is 0 Å². The van der Waals surface area contributed by atoms with Gasteiger partial charge in [-0.25, -0.2) is 9.18 Å². The lowest BCUT2D eigenvalue weighted by molar-refractivity contribution is -0.134. The van der Waals surface area contributed by atoms with E-state index < -0.39 is 23.4 Å². The lowest BCUT2D eigenvalue weighted by Crippen LogP contribution is -2.43. The summed E-state index contributed by atoms with van der Waals surface area (Å²) in [6, 6.07) is 12.4. The number of amides is 4. The number of benzene rings is 2. The molecule has 8 heteroatoms. The second-order valence-electron chi connectivity index (χ2n) is 7.32. The van der Waals surface area contributed by atoms with Crippen LogP contribution < -0.4 is 15.4 Å². The lowest BCUT2D eigenvalue weighted by atomic mass is 9.91. The van der Waals surface area contributed by atoms with Gasteiger partial charge >= 0.3 is 6.03 Å². The van der Waals surface area contributed by atoms with Crippen molar-refractivity contribution in [3.05, 3.63) is 65.5 Å². The number of carbonyl (C=O) groups is 3. The third-order valence-corrected chi connectivity index (χ3v) is 4.93. The normalized spacial score (nSPS) is 18.3. The fraction of sp³-hybridized carbons (Fsp3) is 0.318. The number of nitrogens with zero attached hydrogens (tertiary/aromatic N) is 1. The Morgan fingerprint density at radius 3 is 2.47 bits per heavy atom. The van der Waals surface area contributed by atoms with Crippen LogP contribution in [0.5, 0.6) is 5.75 Å². The molecule has 1 atom stereocenters. The molecule has 1 saturated heterocycles. The maximum absolute atomic E-state index is 12.8. The SMILES string of the molecule is Cc1ccc(C2(C)NC(=O)N(CC(=O)NCCCOc3ccc(F)cc3)C2=O)cc1. The van der Waals surface area contributed by atoms with Gasteiger partial charge in [0.1, 0.15) is 23.7 Å². The van der Waals surface area contributed by atoms with Crippen LogP contribution in [0.1, 0.15) is 24.5 Å². The molecule has 0 radical (unpaired) electrons. The number of urea groups is 1. The molecule has 4 amide bonds. The number of aryl methyl sites for hydroxylation is 1. The number of hydrogen-bond donors (Lipinski definition) is 2. The monoisotopic (exact) mass is 413 g/mol. The van der Waals surface area contributed by atoms with E-state index in [2.05, 4.69) is 10.6 Å². The highest BCUT2D eigenvalue weighted by Gasteiger charge is 2.49. The standard InChI is InChI=1S/C22H24FN3O4/c1-15-4-6-16(7-5-15)22(2)20(28)26(21(29)25-22)14-19(27)24-12-3-13-30-18-10-8-17(23)9-11-18/h4-11H,3,12-14H2,1-2H3,(H,24,27)(H,25,29). The van der Waals surface area contributed by atoms with Crippen LogP contribution in [-0.2, 0) is 15.1 Å². The van der Waals surface area contributed by atoms with E-state index in [4.69, 9.17) is 4.74 Å². The molecule has 0 aliphatic carbocycles. The van der Waals surface area contributed by atoms with Crippen molar-refractivity contribution < 1.29 is 23.5 Å². The van der Waals surface area contributed by atoms with E-state index in [-0.39, 0.29) is 12.4 Å². The topological polar surface area (TPSA) is 87.7 Å². The second-order valence-corrected chi connectivity index (χ2v) is 7.32. The molecule has 2 aromatic carbocycles. The quantitative estimate of drug-likeness (QED) is 0.514. The van der Waals surface area contributed by atoms with Gasteiger partial charge < -0.3 is 15.4 Å². The molecule has 1 aliphatic heterocycles. The zero-order valence-corrected chi connectivity index (χ0v) is 16.9. The Morgan fingerprint density at radius 1 is 1.13 bits per heavy atom. The molecular weight excluding hydrogens is 389 g/mol. The molecule has 0 spiro atoms. The van der Waals surface area contributed by atoms with Crippen LogP contribution in [0.15, 0.2) is 48.5 Å². The van der Waals surface area contributed by atoms with Gasteiger partial charge in [-0.05, 0) is 50.1 Å². The van der Waals surface area contributed by atoms with Gasteiger partial charge in [-0.15, -0.1) is 0 Å². The highest BCUT2D eigenvalue weighted by molar-refractivity contribution is 6.09. The van der Waals surface area contributed by atoms with Crippen LogP contribution in [0.3, 0.4) is 0 Å². The Labute approximate surface area is 174 Å². The summed E-state index contributed by atoms with van der Waals surface area (Å²) in [6.45, 7) is 3.86. The first-order valence-electron chi connectivity index (χ1n) is 9.66. The maximum Gasteiger partial charge on any atom is 0.325 e. The third-order valence-electron chi connectivity index (χ3n) is 4.93. The molecule has 7 nitrogen and oxygen atoms in total. The molecule has 0 bridgehead atoms. The first-order valence-corrected chi connectivity index (χ1v) is 9.66. The van der Waals surface area contributed by atoms with Gasteiger partial charge in [0.05, 0.1) is 6.61 Å². The summed E-state index contributed by atoms with van der Waals surface area (Å²) in [5.74, 6) is -0.703. The van der Waals surface area contributed by atoms with Gasteiger partial charge in [0.25, 0.3) is 5.91 Å². The lowest BCUT2D eigenvalue weighted by Gasteiger charge is -2.22. The molecule has 158 valence electrons. The van der Waals surface area contributed by atoms with Gasteiger partial charge in [-0.3, -0.25) is 14.5 Å². The number of nitrogens with one attached hydrogen (secondary N) is 2. The first-order chi connectivity index (χ1) is 14.3. The molecule has 30 heavy (non-hydrogen) atoms. The van der Waals surface area contributed by atoms with Crippen LogP contribution in [0.4, 0.5) is 9.18 Å². The number of halogens is 1. The van der Waals surface area contributed by atoms with Crippen molar-refractivity contribution in [3.8, 4) is 5.75 Å². The maximum atomic E-state index is 12.8. The molecule has 1 fully saturated rings. The van der Waals surface area contributed by atoms with Gasteiger partial charge in [0.15, 0.2) is 0 Å². The highest BCUT2D eigenvalue weighted by atomic mass is 19.1. The minimum absolute atomic E-state index is 0.318. The molecule has 2 aromatic rings. The van der Waals surface area contributed by atoms with Crippen molar-refractivity contribution in [2.75, 3.05) is 19.7 Å². The molecule has 1 unspecified atom stereocenters. The predicted octanol–water partition coefficient (Wildman–Crippen LogP) is 2.49. The number of imide groups is 1. The van der Waals surface area contributed by atoms with Crippen molar-refractivity contribution in [3.63, 3.8) is 0 Å². The van der Waals surface area contributed by atoms with Crippen LogP contribution >= 0.6 is 0 Å². The minimum atomic E-state index is -1.20. The van der Waals surface area contributed by atoms with Crippen LogP contribution in [0.2, 0.25) is 0 Å². The zero-order chi connectivity index (χ0) is 21.7. The number of hydrogen-bond acceptors (Lipinski definition) is 4. The second kappa shape index (κ2) is 8.94. The third kappa shape index (κ3) is 4.76. The van der Waals surface area contributed by atoms with Crippen molar-refractivity contribution in [1.29, 1.82) is 0 Å². The van der Waals surface area contributed by atoms with Gasteiger partial charge in [0.2, 0.25) is 5.91 Å². The van der Waals surface area contributed by atoms with E-state index in [1.807, 2.05) is 19.1 Å². The summed E-state index contributed by atoms with van der Waals surface area (Å²) in [6.07, 6.45) is 0.518. The fourth-order valence-electron chi connectivity index (χ4n) is 3.14. The molecule has 3 rings (SSSR count). The zero-order valence-electron chi connectivity index (χ0n) is 16.9. The number of carbonyl (C=O) groups excluding carboxylic acids is 3. The number of ether oxygens (including phenoxy) is 1. The Bertz CT molecular complexity index is 930. The fourth-order valence-corrected chi connectivity index (χ4v) is 3.14. The van der Waals surface area contributed by atoms with Gasteiger partial charge in [-0.2, -0.15) is 0 Å². The molecule has 1 heterocycles. The van der Waals surface area contributed by atoms with E-state index in [9.17, 15) is 18.8 Å². The van der Waals surface area contributed by atoms with Gasteiger partial charge in [0, 0.05) is 6.54 Å². The number of rotatable bonds is 8. The average molecular weight is 413 g/mol. The van der Waals surface area contributed by atoms with Crippen molar-refractivity contribution in [2.45, 2.75) is 25.8 Å². The molecular formula is C22H24FN3O4.